The number of carbonyl (C=O) groups is 1. The minimum Gasteiger partial charge on any atom is -0.326 e. The van der Waals surface area contributed by atoms with Crippen LogP contribution in [0.5, 0.6) is 0 Å². The summed E-state index contributed by atoms with van der Waals surface area (Å²) in [5.74, 6) is -0.0647. The van der Waals surface area contributed by atoms with Crippen LogP contribution in [0.2, 0.25) is 0 Å². The fraction of sp³-hybridized carbons (Fsp3) is 0.450. The zero-order valence-electron chi connectivity index (χ0n) is 15.5. The highest BCUT2D eigenvalue weighted by Gasteiger charge is 2.37. The summed E-state index contributed by atoms with van der Waals surface area (Å²) in [7, 11) is -3.59. The zero-order valence-corrected chi connectivity index (χ0v) is 17.2. The molecule has 146 valence electrons. The summed E-state index contributed by atoms with van der Waals surface area (Å²) >= 11 is 1.65. The van der Waals surface area contributed by atoms with E-state index in [1.54, 1.807) is 23.5 Å². The van der Waals surface area contributed by atoms with Crippen LogP contribution in [0.4, 0.5) is 5.69 Å². The second-order valence-corrected chi connectivity index (χ2v) is 9.69. The Morgan fingerprint density at radius 2 is 1.85 bits per heavy atom. The molecule has 2 aromatic rings. The van der Waals surface area contributed by atoms with E-state index in [1.807, 2.05) is 6.92 Å². The smallest absolute Gasteiger partial charge is 0.240 e. The maximum atomic E-state index is 12.7. The van der Waals surface area contributed by atoms with Crippen molar-refractivity contribution in [2.24, 2.45) is 0 Å². The molecule has 0 radical (unpaired) electrons. The van der Waals surface area contributed by atoms with Crippen molar-refractivity contribution in [2.75, 3.05) is 11.9 Å². The fourth-order valence-electron chi connectivity index (χ4n) is 3.67. The van der Waals surface area contributed by atoms with Crippen molar-refractivity contribution in [1.29, 1.82) is 0 Å². The molecule has 1 aromatic heterocycles. The Bertz CT molecular complexity index is 853. The Kier molecular flexibility index (Phi) is 6.34. The van der Waals surface area contributed by atoms with Gasteiger partial charge in [-0.15, -0.1) is 0 Å². The Balaban J connectivity index is 1.68. The third kappa shape index (κ3) is 4.78. The molecule has 0 bridgehead atoms. The van der Waals surface area contributed by atoms with Crippen LogP contribution in [-0.4, -0.2) is 20.9 Å². The van der Waals surface area contributed by atoms with Gasteiger partial charge >= 0.3 is 0 Å². The molecule has 0 atom stereocenters. The Morgan fingerprint density at radius 1 is 1.15 bits per heavy atom. The number of carbonyl (C=O) groups excluding carboxylic acids is 1. The van der Waals surface area contributed by atoms with Crippen LogP contribution < -0.4 is 10.0 Å². The highest BCUT2D eigenvalue weighted by Crippen LogP contribution is 2.41. The topological polar surface area (TPSA) is 75.3 Å². The highest BCUT2D eigenvalue weighted by molar-refractivity contribution is 7.89. The average molecular weight is 407 g/mol. The van der Waals surface area contributed by atoms with Crippen LogP contribution in [0.3, 0.4) is 0 Å². The van der Waals surface area contributed by atoms with Gasteiger partial charge in [0.15, 0.2) is 0 Å². The first kappa shape index (κ1) is 20.0. The maximum Gasteiger partial charge on any atom is 0.240 e. The molecule has 0 spiro atoms. The summed E-state index contributed by atoms with van der Waals surface area (Å²) in [6, 6.07) is 8.45. The first-order valence-corrected chi connectivity index (χ1v) is 11.8. The lowest BCUT2D eigenvalue weighted by atomic mass is 9.81. The third-order valence-electron chi connectivity index (χ3n) is 5.22. The Labute approximate surface area is 165 Å². The van der Waals surface area contributed by atoms with Crippen molar-refractivity contribution < 1.29 is 13.2 Å². The molecule has 27 heavy (non-hydrogen) atoms. The minimum absolute atomic E-state index is 0.0647. The van der Waals surface area contributed by atoms with Crippen molar-refractivity contribution in [2.45, 2.75) is 55.8 Å². The van der Waals surface area contributed by atoms with Crippen LogP contribution in [0.25, 0.3) is 0 Å². The summed E-state index contributed by atoms with van der Waals surface area (Å²) < 4.78 is 28.3. The number of rotatable bonds is 8. The van der Waals surface area contributed by atoms with Crippen LogP contribution in [0, 0.1) is 0 Å². The average Bonchev–Trinajstić information content (AvgIpc) is 3.33. The van der Waals surface area contributed by atoms with Gasteiger partial charge in [-0.3, -0.25) is 4.79 Å². The van der Waals surface area contributed by atoms with Crippen molar-refractivity contribution in [3.05, 3.63) is 46.7 Å². The van der Waals surface area contributed by atoms with Gasteiger partial charge < -0.3 is 5.32 Å². The molecule has 1 fully saturated rings. The second kappa shape index (κ2) is 8.54. The zero-order chi connectivity index (χ0) is 19.3. The number of hydrogen-bond acceptors (Lipinski definition) is 4. The predicted octanol–water partition coefficient (Wildman–Crippen LogP) is 4.28. The molecule has 5 nitrogen and oxygen atoms in total. The standard InChI is InChI=1S/C20H26N2O3S2/c1-2-5-19(23)22-17-6-8-18(9-7-17)27(24,25)21-15-20(11-3-4-12-20)16-10-13-26-14-16/h6-10,13-14,21H,2-5,11-12,15H2,1H3,(H,22,23). The van der Waals surface area contributed by atoms with Crippen LogP contribution in [0.1, 0.15) is 51.0 Å². The van der Waals surface area contributed by atoms with E-state index in [4.69, 9.17) is 0 Å². The molecule has 7 heteroatoms. The first-order chi connectivity index (χ1) is 13.0. The van der Waals surface area contributed by atoms with Gasteiger partial charge in [0, 0.05) is 24.1 Å². The summed E-state index contributed by atoms with van der Waals surface area (Å²) in [6.07, 6.45) is 5.50. The van der Waals surface area contributed by atoms with E-state index in [-0.39, 0.29) is 16.2 Å². The van der Waals surface area contributed by atoms with E-state index in [0.717, 1.165) is 32.1 Å². The largest absolute Gasteiger partial charge is 0.326 e. The minimum atomic E-state index is -3.59. The third-order valence-corrected chi connectivity index (χ3v) is 7.32. The van der Waals surface area contributed by atoms with Crippen molar-refractivity contribution >= 4 is 33.0 Å². The normalized spacial score (nSPS) is 16.3. The van der Waals surface area contributed by atoms with Gasteiger partial charge in [-0.25, -0.2) is 13.1 Å². The SMILES string of the molecule is CCCC(=O)Nc1ccc(S(=O)(=O)NCC2(c3ccsc3)CCCC2)cc1. The molecule has 0 saturated heterocycles. The molecule has 1 saturated carbocycles. The van der Waals surface area contributed by atoms with Crippen molar-refractivity contribution in [1.82, 2.24) is 4.72 Å². The van der Waals surface area contributed by atoms with E-state index < -0.39 is 10.0 Å². The highest BCUT2D eigenvalue weighted by atomic mass is 32.2. The molecule has 3 rings (SSSR count). The van der Waals surface area contributed by atoms with Crippen LogP contribution >= 0.6 is 11.3 Å². The number of hydrogen-bond donors (Lipinski definition) is 2. The summed E-state index contributed by atoms with van der Waals surface area (Å²) in [5, 5.41) is 6.95. The number of sulfonamides is 1. The van der Waals surface area contributed by atoms with Crippen LogP contribution in [0.15, 0.2) is 46.0 Å². The predicted molar refractivity (Wildman–Crippen MR) is 110 cm³/mol. The molecule has 1 aliphatic carbocycles. The van der Waals surface area contributed by atoms with E-state index in [0.29, 0.717) is 18.7 Å². The molecule has 1 amide bonds. The van der Waals surface area contributed by atoms with E-state index >= 15 is 0 Å². The molecule has 1 aromatic carbocycles. The van der Waals surface area contributed by atoms with Gasteiger partial charge in [0.1, 0.15) is 0 Å². The molecule has 1 aliphatic rings. The maximum absolute atomic E-state index is 12.7. The number of benzene rings is 1. The van der Waals surface area contributed by atoms with Gasteiger partial charge in [0.05, 0.1) is 4.90 Å². The lowest BCUT2D eigenvalue weighted by Gasteiger charge is -2.28. The fourth-order valence-corrected chi connectivity index (χ4v) is 5.58. The molecular weight excluding hydrogens is 380 g/mol. The monoisotopic (exact) mass is 406 g/mol. The summed E-state index contributed by atoms with van der Waals surface area (Å²) in [5.41, 5.74) is 1.75. The summed E-state index contributed by atoms with van der Waals surface area (Å²) in [6.45, 7) is 2.36. The Hall–Kier alpha value is -1.70. The van der Waals surface area contributed by atoms with E-state index in [1.165, 1.54) is 17.7 Å². The second-order valence-electron chi connectivity index (χ2n) is 7.15. The molecule has 2 N–H and O–H groups in total. The summed E-state index contributed by atoms with van der Waals surface area (Å²) in [4.78, 5) is 11.9. The lowest BCUT2D eigenvalue weighted by Crippen LogP contribution is -2.38. The lowest BCUT2D eigenvalue weighted by molar-refractivity contribution is -0.116. The number of nitrogens with one attached hydrogen (secondary N) is 2. The first-order valence-electron chi connectivity index (χ1n) is 9.37. The van der Waals surface area contributed by atoms with Gasteiger partial charge in [0.25, 0.3) is 0 Å². The molecule has 0 unspecified atom stereocenters. The van der Waals surface area contributed by atoms with Crippen molar-refractivity contribution in [3.63, 3.8) is 0 Å². The quantitative estimate of drug-likeness (QED) is 0.687. The number of amides is 1. The van der Waals surface area contributed by atoms with Crippen LogP contribution in [-0.2, 0) is 20.2 Å². The van der Waals surface area contributed by atoms with Gasteiger partial charge in [-0.05, 0) is 65.9 Å². The molecular formula is C20H26N2O3S2. The molecule has 0 aliphatic heterocycles. The number of anilines is 1. The van der Waals surface area contributed by atoms with Gasteiger partial charge in [-0.2, -0.15) is 11.3 Å². The van der Waals surface area contributed by atoms with E-state index in [9.17, 15) is 13.2 Å². The molecule has 1 heterocycles. The van der Waals surface area contributed by atoms with Gasteiger partial charge in [0.2, 0.25) is 15.9 Å². The van der Waals surface area contributed by atoms with Crippen molar-refractivity contribution in [3.8, 4) is 0 Å². The Morgan fingerprint density at radius 3 is 2.44 bits per heavy atom. The van der Waals surface area contributed by atoms with Gasteiger partial charge in [-0.1, -0.05) is 19.8 Å². The number of thiophene rings is 1. The van der Waals surface area contributed by atoms with E-state index in [2.05, 4.69) is 26.9 Å².